The molecule has 0 radical (unpaired) electrons. The zero-order valence-corrected chi connectivity index (χ0v) is 15.2. The quantitative estimate of drug-likeness (QED) is 0.323. The van der Waals surface area contributed by atoms with Gasteiger partial charge in [0.2, 0.25) is 0 Å². The van der Waals surface area contributed by atoms with Crippen molar-refractivity contribution in [1.29, 1.82) is 0 Å². The van der Waals surface area contributed by atoms with Gasteiger partial charge < -0.3 is 15.9 Å². The Labute approximate surface area is 166 Å². The number of nitrogen functional groups attached to an aromatic ring is 1. The molecule has 144 valence electrons. The second-order valence-corrected chi connectivity index (χ2v) is 5.86. The van der Waals surface area contributed by atoms with Crippen molar-refractivity contribution in [1.82, 2.24) is 9.97 Å². The Morgan fingerprint density at radius 2 is 1.57 bits per heavy atom. The number of hydrogen-bond acceptors (Lipinski definition) is 7. The minimum absolute atomic E-state index is 0.0121. The average Bonchev–Trinajstić information content (AvgIpc) is 2.62. The number of benzene rings is 2. The Hall–Kier alpha value is -3.50. The topological polar surface area (TPSA) is 170 Å². The van der Waals surface area contributed by atoms with Gasteiger partial charge in [0.25, 0.3) is 5.69 Å². The van der Waals surface area contributed by atoms with E-state index in [1.807, 2.05) is 0 Å². The maximum Gasteiger partial charge on any atom is 0.338 e. The van der Waals surface area contributed by atoms with E-state index < -0.39 is 16.9 Å². The Balaban J connectivity index is 0.000000203. The molecule has 0 saturated carbocycles. The molecule has 4 N–H and O–H groups in total. The summed E-state index contributed by atoms with van der Waals surface area (Å²) >= 11 is 11.3. The van der Waals surface area contributed by atoms with Crippen molar-refractivity contribution in [3.05, 3.63) is 67.9 Å². The van der Waals surface area contributed by atoms with Gasteiger partial charge in [-0.25, -0.2) is 19.6 Å². The van der Waals surface area contributed by atoms with Crippen LogP contribution in [0.5, 0.6) is 0 Å². The molecule has 1 heterocycles. The van der Waals surface area contributed by atoms with Crippen LogP contribution in [0.15, 0.2) is 36.4 Å². The van der Waals surface area contributed by atoms with Crippen LogP contribution >= 0.6 is 23.2 Å². The number of nitro benzene ring substituents is 1. The monoisotopic (exact) mass is 424 g/mol. The van der Waals surface area contributed by atoms with E-state index >= 15 is 0 Å². The number of fused-ring (bicyclic) bond motifs is 1. The fourth-order valence-electron chi connectivity index (χ4n) is 1.99. The fourth-order valence-corrected chi connectivity index (χ4v) is 2.25. The van der Waals surface area contributed by atoms with Gasteiger partial charge in [-0.1, -0.05) is 23.2 Å². The minimum Gasteiger partial charge on any atom is -0.478 e. The third kappa shape index (κ3) is 4.81. The predicted octanol–water partition coefficient (Wildman–Crippen LogP) is 3.51. The van der Waals surface area contributed by atoms with E-state index in [9.17, 15) is 19.7 Å². The third-order valence-electron chi connectivity index (χ3n) is 3.31. The highest BCUT2D eigenvalue weighted by atomic mass is 35.5. The molecule has 0 atom stereocenters. The number of rotatable bonds is 3. The molecule has 0 bridgehead atoms. The minimum atomic E-state index is -1.28. The highest BCUT2D eigenvalue weighted by Gasteiger charge is 2.13. The standard InChI is InChI=1S/C9H4Cl2N2O2.C7H6N2O4/c10-7-8(11)13-6-3-4(9(14)15)1-2-5(6)12-7;8-6-2-1-4(9(12)13)3-5(6)7(10)11/h1-3H,(H,14,15);1-3H,8H2,(H,10,11). The summed E-state index contributed by atoms with van der Waals surface area (Å²) in [7, 11) is 0. The molecule has 28 heavy (non-hydrogen) atoms. The molecular weight excluding hydrogens is 415 g/mol. The number of carboxylic acid groups (broad SMARTS) is 2. The lowest BCUT2D eigenvalue weighted by molar-refractivity contribution is -0.384. The summed E-state index contributed by atoms with van der Waals surface area (Å²) < 4.78 is 0. The van der Waals surface area contributed by atoms with Crippen molar-refractivity contribution < 1.29 is 24.7 Å². The summed E-state index contributed by atoms with van der Waals surface area (Å²) in [5.41, 5.74) is 5.81. The first kappa shape index (κ1) is 20.8. The fraction of sp³-hybridized carbons (Fsp3) is 0. The van der Waals surface area contributed by atoms with Crippen molar-refractivity contribution >= 4 is 57.5 Å². The molecule has 2 aromatic carbocycles. The highest BCUT2D eigenvalue weighted by Crippen LogP contribution is 2.21. The second-order valence-electron chi connectivity index (χ2n) is 5.15. The molecule has 10 nitrogen and oxygen atoms in total. The first-order valence-corrected chi connectivity index (χ1v) is 7.99. The second kappa shape index (κ2) is 8.46. The van der Waals surface area contributed by atoms with Crippen molar-refractivity contribution in [3.8, 4) is 0 Å². The summed E-state index contributed by atoms with van der Waals surface area (Å²) in [6.45, 7) is 0. The van der Waals surface area contributed by atoms with Gasteiger partial charge in [0.05, 0.1) is 27.1 Å². The Morgan fingerprint density at radius 3 is 2.11 bits per heavy atom. The zero-order chi connectivity index (χ0) is 21.0. The average molecular weight is 425 g/mol. The number of nitro groups is 1. The largest absolute Gasteiger partial charge is 0.478 e. The highest BCUT2D eigenvalue weighted by molar-refractivity contribution is 6.40. The molecule has 0 spiro atoms. The van der Waals surface area contributed by atoms with Gasteiger partial charge >= 0.3 is 11.9 Å². The van der Waals surface area contributed by atoms with E-state index in [1.54, 1.807) is 0 Å². The number of non-ortho nitro benzene ring substituents is 1. The number of nitrogens with two attached hydrogens (primary N) is 1. The van der Waals surface area contributed by atoms with Crippen LogP contribution in [0.3, 0.4) is 0 Å². The van der Waals surface area contributed by atoms with Crippen LogP contribution < -0.4 is 5.73 Å². The molecule has 3 aromatic rings. The van der Waals surface area contributed by atoms with Gasteiger partial charge in [-0.2, -0.15) is 0 Å². The van der Waals surface area contributed by atoms with Crippen LogP contribution in [0.4, 0.5) is 11.4 Å². The van der Waals surface area contributed by atoms with Gasteiger partial charge in [-0.3, -0.25) is 10.1 Å². The number of halogens is 2. The molecule has 1 aromatic heterocycles. The molecule has 0 aliphatic rings. The first-order chi connectivity index (χ1) is 13.1. The van der Waals surface area contributed by atoms with Crippen LogP contribution in [-0.4, -0.2) is 37.0 Å². The Morgan fingerprint density at radius 1 is 0.964 bits per heavy atom. The molecule has 0 aliphatic carbocycles. The molecule has 3 rings (SSSR count). The summed E-state index contributed by atoms with van der Waals surface area (Å²) in [6.07, 6.45) is 0. The van der Waals surface area contributed by atoms with E-state index in [0.717, 1.165) is 12.1 Å². The molecule has 0 aliphatic heterocycles. The lowest BCUT2D eigenvalue weighted by Gasteiger charge is -2.00. The van der Waals surface area contributed by atoms with Gasteiger partial charge in [0.15, 0.2) is 10.3 Å². The van der Waals surface area contributed by atoms with Crippen molar-refractivity contribution in [2.75, 3.05) is 5.73 Å². The van der Waals surface area contributed by atoms with E-state index in [-0.39, 0.29) is 32.8 Å². The third-order valence-corrected chi connectivity index (χ3v) is 3.93. The Bertz CT molecular complexity index is 1110. The number of anilines is 1. The van der Waals surface area contributed by atoms with Crippen molar-refractivity contribution in [3.63, 3.8) is 0 Å². The van der Waals surface area contributed by atoms with E-state index in [4.69, 9.17) is 39.1 Å². The van der Waals surface area contributed by atoms with Gasteiger partial charge in [0, 0.05) is 17.8 Å². The molecule has 0 unspecified atom stereocenters. The van der Waals surface area contributed by atoms with Crippen LogP contribution in [0.1, 0.15) is 20.7 Å². The maximum atomic E-state index is 10.7. The summed E-state index contributed by atoms with van der Waals surface area (Å²) in [5.74, 6) is -2.30. The number of aromatic nitrogens is 2. The van der Waals surface area contributed by atoms with Crippen LogP contribution in [0.2, 0.25) is 10.3 Å². The van der Waals surface area contributed by atoms with Crippen LogP contribution in [-0.2, 0) is 0 Å². The number of aromatic carboxylic acids is 2. The van der Waals surface area contributed by atoms with Crippen LogP contribution in [0.25, 0.3) is 11.0 Å². The molecule has 12 heteroatoms. The Kier molecular flexibility index (Phi) is 6.29. The summed E-state index contributed by atoms with van der Waals surface area (Å²) in [5, 5.41) is 27.8. The number of carbonyl (C=O) groups is 2. The summed E-state index contributed by atoms with van der Waals surface area (Å²) in [4.78, 5) is 38.6. The predicted molar refractivity (Wildman–Crippen MR) is 101 cm³/mol. The van der Waals surface area contributed by atoms with Gasteiger partial charge in [-0.05, 0) is 24.3 Å². The molecule has 0 amide bonds. The number of hydrogen-bond donors (Lipinski definition) is 3. The van der Waals surface area contributed by atoms with Gasteiger partial charge in [0.1, 0.15) is 0 Å². The number of nitrogens with zero attached hydrogens (tertiary/aromatic N) is 3. The van der Waals surface area contributed by atoms with Crippen molar-refractivity contribution in [2.45, 2.75) is 0 Å². The lowest BCUT2D eigenvalue weighted by Crippen LogP contribution is -2.03. The zero-order valence-electron chi connectivity index (χ0n) is 13.7. The first-order valence-electron chi connectivity index (χ1n) is 7.23. The molecule has 0 saturated heterocycles. The smallest absolute Gasteiger partial charge is 0.338 e. The van der Waals surface area contributed by atoms with Crippen molar-refractivity contribution in [2.24, 2.45) is 0 Å². The van der Waals surface area contributed by atoms with E-state index in [0.29, 0.717) is 11.0 Å². The molecular formula is C16H10Cl2N4O6. The van der Waals surface area contributed by atoms with E-state index in [1.165, 1.54) is 24.3 Å². The van der Waals surface area contributed by atoms with E-state index in [2.05, 4.69) is 9.97 Å². The SMILES string of the molecule is Nc1ccc([N+](=O)[O-])cc1C(=O)O.O=C(O)c1ccc2nc(Cl)c(Cl)nc2c1. The lowest BCUT2D eigenvalue weighted by atomic mass is 10.1. The molecule has 0 fully saturated rings. The summed E-state index contributed by atoms with van der Waals surface area (Å²) in [6, 6.07) is 7.64. The van der Waals surface area contributed by atoms with Gasteiger partial charge in [-0.15, -0.1) is 0 Å². The van der Waals surface area contributed by atoms with Crippen LogP contribution in [0, 0.1) is 10.1 Å². The number of carboxylic acids is 2. The maximum absolute atomic E-state index is 10.7. The normalized spacial score (nSPS) is 10.1.